The molecule has 2 aliphatic rings. The van der Waals surface area contributed by atoms with Gasteiger partial charge < -0.3 is 14.6 Å². The fourth-order valence-electron chi connectivity index (χ4n) is 3.84. The first-order valence-corrected chi connectivity index (χ1v) is 8.36. The molecule has 3 heteroatoms. The van der Waals surface area contributed by atoms with Crippen molar-refractivity contribution in [3.63, 3.8) is 0 Å². The number of ether oxygens (including phenoxy) is 2. The molecule has 128 valence electrons. The van der Waals surface area contributed by atoms with E-state index in [2.05, 4.69) is 45.6 Å². The molecule has 1 spiro atoms. The van der Waals surface area contributed by atoms with E-state index in [1.807, 2.05) is 19.1 Å². The van der Waals surface area contributed by atoms with Crippen LogP contribution in [0.3, 0.4) is 0 Å². The van der Waals surface area contributed by atoms with Gasteiger partial charge in [0.25, 0.3) is 0 Å². The Balaban J connectivity index is 2.45. The summed E-state index contributed by atoms with van der Waals surface area (Å²) in [6.45, 7) is 14.0. The first-order chi connectivity index (χ1) is 10.8. The van der Waals surface area contributed by atoms with Gasteiger partial charge in [-0.2, -0.15) is 0 Å². The molecule has 1 saturated heterocycles. The molecular weight excluding hydrogens is 288 g/mol. The number of allylic oxidation sites excluding steroid dienone is 5. The molecular formula is C20H30O3. The van der Waals surface area contributed by atoms with Crippen molar-refractivity contribution in [2.45, 2.75) is 46.3 Å². The van der Waals surface area contributed by atoms with Gasteiger partial charge in [-0.3, -0.25) is 0 Å². The van der Waals surface area contributed by atoms with E-state index in [4.69, 9.17) is 14.6 Å². The zero-order chi connectivity index (χ0) is 17.1. The van der Waals surface area contributed by atoms with E-state index >= 15 is 0 Å². The SMILES string of the molecule is C=CCC1(C)CC2(C=C(C)C1(C)/C=C/C(C)=C\CO)OCCO2. The normalized spacial score (nSPS) is 34.1. The zero-order valence-electron chi connectivity index (χ0n) is 14.9. The maximum atomic E-state index is 9.05. The fourth-order valence-corrected chi connectivity index (χ4v) is 3.84. The van der Waals surface area contributed by atoms with Gasteiger partial charge >= 0.3 is 0 Å². The topological polar surface area (TPSA) is 38.7 Å². The van der Waals surface area contributed by atoms with Crippen LogP contribution in [0.1, 0.15) is 40.5 Å². The van der Waals surface area contributed by atoms with Crippen LogP contribution >= 0.6 is 0 Å². The van der Waals surface area contributed by atoms with Gasteiger partial charge in [0.15, 0.2) is 5.79 Å². The predicted molar refractivity (Wildman–Crippen MR) is 94.0 cm³/mol. The Morgan fingerprint density at radius 3 is 2.57 bits per heavy atom. The minimum atomic E-state index is -0.578. The van der Waals surface area contributed by atoms with Gasteiger partial charge in [0.2, 0.25) is 0 Å². The molecule has 23 heavy (non-hydrogen) atoms. The van der Waals surface area contributed by atoms with E-state index in [0.29, 0.717) is 13.2 Å². The van der Waals surface area contributed by atoms with E-state index in [1.165, 1.54) is 5.57 Å². The van der Waals surface area contributed by atoms with Crippen LogP contribution in [0.5, 0.6) is 0 Å². The molecule has 0 aromatic rings. The average Bonchev–Trinajstić information content (AvgIpc) is 2.91. The molecule has 3 nitrogen and oxygen atoms in total. The van der Waals surface area contributed by atoms with Crippen molar-refractivity contribution < 1.29 is 14.6 Å². The van der Waals surface area contributed by atoms with Crippen molar-refractivity contribution in [1.82, 2.24) is 0 Å². The summed E-state index contributed by atoms with van der Waals surface area (Å²) in [5.41, 5.74) is 2.15. The minimum absolute atomic E-state index is 0.0477. The van der Waals surface area contributed by atoms with E-state index in [0.717, 1.165) is 18.4 Å². The van der Waals surface area contributed by atoms with E-state index in [-0.39, 0.29) is 17.4 Å². The van der Waals surface area contributed by atoms with Crippen molar-refractivity contribution in [2.24, 2.45) is 10.8 Å². The van der Waals surface area contributed by atoms with Crippen molar-refractivity contribution in [3.8, 4) is 0 Å². The number of aliphatic hydroxyl groups is 1. The zero-order valence-corrected chi connectivity index (χ0v) is 14.9. The number of rotatable bonds is 5. The molecule has 0 bridgehead atoms. The van der Waals surface area contributed by atoms with Gasteiger partial charge in [-0.1, -0.05) is 49.3 Å². The van der Waals surface area contributed by atoms with Crippen molar-refractivity contribution in [2.75, 3.05) is 19.8 Å². The molecule has 1 N–H and O–H groups in total. The summed E-state index contributed by atoms with van der Waals surface area (Å²) in [5.74, 6) is -0.578. The third kappa shape index (κ3) is 3.37. The highest BCUT2D eigenvalue weighted by Gasteiger charge is 2.54. The third-order valence-corrected chi connectivity index (χ3v) is 5.61. The molecule has 2 atom stereocenters. The van der Waals surface area contributed by atoms with E-state index < -0.39 is 5.79 Å². The smallest absolute Gasteiger partial charge is 0.188 e. The van der Waals surface area contributed by atoms with Crippen molar-refractivity contribution >= 4 is 0 Å². The highest BCUT2D eigenvalue weighted by Crippen LogP contribution is 2.58. The maximum Gasteiger partial charge on any atom is 0.188 e. The first-order valence-electron chi connectivity index (χ1n) is 8.36. The lowest BCUT2D eigenvalue weighted by Gasteiger charge is -2.52. The molecule has 0 aromatic carbocycles. The third-order valence-electron chi connectivity index (χ3n) is 5.61. The van der Waals surface area contributed by atoms with Gasteiger partial charge in [-0.25, -0.2) is 0 Å². The van der Waals surface area contributed by atoms with Crippen LogP contribution in [-0.2, 0) is 9.47 Å². The molecule has 2 rings (SSSR count). The monoisotopic (exact) mass is 318 g/mol. The Kier molecular flexibility index (Phi) is 5.34. The minimum Gasteiger partial charge on any atom is -0.392 e. The van der Waals surface area contributed by atoms with Gasteiger partial charge in [-0.05, 0) is 31.8 Å². The lowest BCUT2D eigenvalue weighted by atomic mass is 9.54. The Bertz CT molecular complexity index is 537. The van der Waals surface area contributed by atoms with E-state index in [9.17, 15) is 0 Å². The number of hydrogen-bond acceptors (Lipinski definition) is 3. The summed E-state index contributed by atoms with van der Waals surface area (Å²) in [4.78, 5) is 0. The van der Waals surface area contributed by atoms with Gasteiger partial charge in [0.05, 0.1) is 19.8 Å². The van der Waals surface area contributed by atoms with Gasteiger partial charge in [0.1, 0.15) is 0 Å². The van der Waals surface area contributed by atoms with Gasteiger partial charge in [-0.15, -0.1) is 6.58 Å². The second-order valence-corrected chi connectivity index (χ2v) is 7.23. The second kappa shape index (κ2) is 6.76. The quantitative estimate of drug-likeness (QED) is 0.611. The lowest BCUT2D eigenvalue weighted by molar-refractivity contribution is -0.160. The molecule has 1 heterocycles. The van der Waals surface area contributed by atoms with Crippen LogP contribution in [0, 0.1) is 10.8 Å². The van der Waals surface area contributed by atoms with Gasteiger partial charge in [0, 0.05) is 11.8 Å². The summed E-state index contributed by atoms with van der Waals surface area (Å²) < 4.78 is 11.9. The summed E-state index contributed by atoms with van der Waals surface area (Å²) in [6, 6.07) is 0. The van der Waals surface area contributed by atoms with E-state index in [1.54, 1.807) is 0 Å². The highest BCUT2D eigenvalue weighted by atomic mass is 16.7. The predicted octanol–water partition coefficient (Wildman–Crippen LogP) is 4.16. The average molecular weight is 318 g/mol. The largest absolute Gasteiger partial charge is 0.392 e. The number of hydrogen-bond donors (Lipinski definition) is 1. The fraction of sp³-hybridized carbons (Fsp3) is 0.600. The molecule has 1 aliphatic heterocycles. The highest BCUT2D eigenvalue weighted by molar-refractivity contribution is 5.34. The second-order valence-electron chi connectivity index (χ2n) is 7.23. The molecule has 1 fully saturated rings. The molecule has 0 saturated carbocycles. The Hall–Kier alpha value is -1.16. The molecule has 2 unspecified atom stereocenters. The Morgan fingerprint density at radius 2 is 2.00 bits per heavy atom. The summed E-state index contributed by atoms with van der Waals surface area (Å²) in [6.07, 6.45) is 12.0. The van der Waals surface area contributed by atoms with Crippen molar-refractivity contribution in [3.05, 3.63) is 48.1 Å². The standard InChI is InChI=1S/C20H30O3/c1-6-9-18(4)15-20(22-12-13-23-20)14-17(3)19(18,5)10-7-16(2)8-11-21/h6-8,10,14,21H,1,9,11-13,15H2,2-5H3/b10-7+,16-8-. The van der Waals surface area contributed by atoms with Crippen LogP contribution in [0.2, 0.25) is 0 Å². The molecule has 0 amide bonds. The van der Waals surface area contributed by atoms with Crippen LogP contribution in [0.15, 0.2) is 48.1 Å². The number of aliphatic hydroxyl groups excluding tert-OH is 1. The first kappa shape index (κ1) is 18.2. The molecule has 0 aromatic heterocycles. The summed E-state index contributed by atoms with van der Waals surface area (Å²) in [5, 5.41) is 9.05. The lowest BCUT2D eigenvalue weighted by Crippen LogP contribution is -2.48. The van der Waals surface area contributed by atoms with Crippen LogP contribution in [0.25, 0.3) is 0 Å². The molecule has 1 aliphatic carbocycles. The van der Waals surface area contributed by atoms with Crippen LogP contribution in [0.4, 0.5) is 0 Å². The maximum absolute atomic E-state index is 9.05. The Labute approximate surface area is 140 Å². The van der Waals surface area contributed by atoms with Crippen LogP contribution < -0.4 is 0 Å². The summed E-state index contributed by atoms with van der Waals surface area (Å²) >= 11 is 0. The molecule has 0 radical (unpaired) electrons. The Morgan fingerprint density at radius 1 is 1.35 bits per heavy atom. The van der Waals surface area contributed by atoms with Crippen molar-refractivity contribution in [1.29, 1.82) is 0 Å². The summed E-state index contributed by atoms with van der Waals surface area (Å²) in [7, 11) is 0. The van der Waals surface area contributed by atoms with Crippen LogP contribution in [-0.4, -0.2) is 30.7 Å².